The van der Waals surface area contributed by atoms with E-state index in [0.717, 1.165) is 11.3 Å². The molecule has 0 spiro atoms. The van der Waals surface area contributed by atoms with Crippen LogP contribution < -0.4 is 5.56 Å². The van der Waals surface area contributed by atoms with Crippen LogP contribution in [-0.4, -0.2) is 35.2 Å². The zero-order valence-corrected chi connectivity index (χ0v) is 17.5. The Morgan fingerprint density at radius 2 is 1.90 bits per heavy atom. The summed E-state index contributed by atoms with van der Waals surface area (Å²) in [4.78, 5) is 43.2. The monoisotopic (exact) mass is 414 g/mol. The number of carbonyl (C=O) groups is 2. The molecule has 152 valence electrons. The average molecular weight is 414 g/mol. The quantitative estimate of drug-likeness (QED) is 0.575. The van der Waals surface area contributed by atoms with Crippen molar-refractivity contribution in [2.75, 3.05) is 13.7 Å². The Morgan fingerprint density at radius 3 is 2.52 bits per heavy atom. The van der Waals surface area contributed by atoms with Crippen molar-refractivity contribution in [2.24, 2.45) is 5.92 Å². The van der Waals surface area contributed by atoms with E-state index in [0.29, 0.717) is 32.8 Å². The molecule has 0 aliphatic heterocycles. The van der Waals surface area contributed by atoms with Crippen molar-refractivity contribution in [1.82, 2.24) is 9.55 Å². The van der Waals surface area contributed by atoms with Crippen LogP contribution in [0.2, 0.25) is 0 Å². The van der Waals surface area contributed by atoms with E-state index in [4.69, 9.17) is 9.47 Å². The third-order valence-electron chi connectivity index (χ3n) is 4.43. The summed E-state index contributed by atoms with van der Waals surface area (Å²) < 4.78 is 11.5. The number of aryl methyl sites for hydroxylation is 1. The lowest BCUT2D eigenvalue weighted by molar-refractivity contribution is -0.143. The van der Waals surface area contributed by atoms with Crippen molar-refractivity contribution in [2.45, 2.75) is 26.8 Å². The van der Waals surface area contributed by atoms with Gasteiger partial charge in [0, 0.05) is 0 Å². The molecule has 1 unspecified atom stereocenters. The Bertz CT molecular complexity index is 1100. The third-order valence-corrected chi connectivity index (χ3v) is 5.61. The van der Waals surface area contributed by atoms with Crippen LogP contribution in [0.15, 0.2) is 41.5 Å². The average Bonchev–Trinajstić information content (AvgIpc) is 3.06. The fourth-order valence-electron chi connectivity index (χ4n) is 2.98. The van der Waals surface area contributed by atoms with E-state index in [1.807, 2.05) is 19.9 Å². The third kappa shape index (κ3) is 4.07. The summed E-state index contributed by atoms with van der Waals surface area (Å²) in [6.45, 7) is 5.88. The van der Waals surface area contributed by atoms with Crippen LogP contribution in [-0.2, 0) is 14.3 Å². The first-order valence-corrected chi connectivity index (χ1v) is 9.97. The minimum absolute atomic E-state index is 0.204. The number of hydrogen-bond donors (Lipinski definition) is 0. The smallest absolute Gasteiger partial charge is 0.348 e. The topological polar surface area (TPSA) is 87.5 Å². The predicted octanol–water partition coefficient (Wildman–Crippen LogP) is 3.34. The number of carbonyl (C=O) groups excluding carboxylic acids is 2. The second kappa shape index (κ2) is 8.57. The Balaban J connectivity index is 2.12. The van der Waals surface area contributed by atoms with Crippen molar-refractivity contribution in [3.8, 4) is 0 Å². The lowest BCUT2D eigenvalue weighted by atomic mass is 10.1. The molecule has 0 fully saturated rings. The van der Waals surface area contributed by atoms with E-state index in [9.17, 15) is 14.4 Å². The number of esters is 2. The van der Waals surface area contributed by atoms with Gasteiger partial charge in [-0.05, 0) is 24.0 Å². The van der Waals surface area contributed by atoms with Crippen LogP contribution in [0.5, 0.6) is 0 Å². The molecular weight excluding hydrogens is 392 g/mol. The van der Waals surface area contributed by atoms with Gasteiger partial charge in [0.2, 0.25) is 0 Å². The zero-order valence-electron chi connectivity index (χ0n) is 16.7. The molecule has 0 aliphatic rings. The summed E-state index contributed by atoms with van der Waals surface area (Å²) >= 11 is 1.11. The van der Waals surface area contributed by atoms with Gasteiger partial charge in [-0.2, -0.15) is 0 Å². The molecule has 7 nitrogen and oxygen atoms in total. The van der Waals surface area contributed by atoms with E-state index in [1.54, 1.807) is 31.2 Å². The summed E-state index contributed by atoms with van der Waals surface area (Å²) in [5.74, 6) is -0.850. The van der Waals surface area contributed by atoms with Crippen molar-refractivity contribution >= 4 is 33.5 Å². The Morgan fingerprint density at radius 1 is 1.21 bits per heavy atom. The Hall–Kier alpha value is -3.00. The van der Waals surface area contributed by atoms with Gasteiger partial charge >= 0.3 is 11.9 Å². The summed E-state index contributed by atoms with van der Waals surface area (Å²) in [6, 6.07) is 7.89. The molecule has 29 heavy (non-hydrogen) atoms. The van der Waals surface area contributed by atoms with Gasteiger partial charge in [-0.1, -0.05) is 44.2 Å². The van der Waals surface area contributed by atoms with Crippen LogP contribution in [0.25, 0.3) is 10.2 Å². The molecule has 0 saturated carbocycles. The van der Waals surface area contributed by atoms with E-state index in [1.165, 1.54) is 18.0 Å². The van der Waals surface area contributed by atoms with Gasteiger partial charge in [-0.25, -0.2) is 14.6 Å². The highest BCUT2D eigenvalue weighted by atomic mass is 32.1. The first kappa shape index (κ1) is 20.7. The number of fused-ring (bicyclic) bond motifs is 1. The minimum Gasteiger partial charge on any atom is -0.467 e. The lowest BCUT2D eigenvalue weighted by Gasteiger charge is -2.17. The van der Waals surface area contributed by atoms with Gasteiger partial charge in [0.1, 0.15) is 16.0 Å². The molecule has 2 aromatic heterocycles. The lowest BCUT2D eigenvalue weighted by Crippen LogP contribution is -2.31. The van der Waals surface area contributed by atoms with E-state index in [2.05, 4.69) is 4.98 Å². The van der Waals surface area contributed by atoms with Crippen molar-refractivity contribution in [3.05, 3.63) is 63.0 Å². The number of thiophene rings is 1. The summed E-state index contributed by atoms with van der Waals surface area (Å²) in [7, 11) is 1.27. The normalized spacial score (nSPS) is 12.2. The molecule has 0 radical (unpaired) electrons. The number of ether oxygens (including phenoxy) is 2. The number of aromatic nitrogens is 2. The van der Waals surface area contributed by atoms with Gasteiger partial charge < -0.3 is 9.47 Å². The standard InChI is InChI=1S/C21H22N2O5S/c1-12(2)10-28-21(26)17-13(3)15-18(29-17)22-11-23(19(15)24)16(20(25)27-4)14-8-6-5-7-9-14/h5-9,11-12,16H,10H2,1-4H3. The largest absolute Gasteiger partial charge is 0.467 e. The number of nitrogens with zero attached hydrogens (tertiary/aromatic N) is 2. The van der Waals surface area contributed by atoms with E-state index in [-0.39, 0.29) is 5.92 Å². The van der Waals surface area contributed by atoms with Crippen LogP contribution in [0.3, 0.4) is 0 Å². The second-order valence-electron chi connectivity index (χ2n) is 7.02. The van der Waals surface area contributed by atoms with Gasteiger partial charge in [0.05, 0.1) is 19.1 Å². The first-order valence-electron chi connectivity index (χ1n) is 9.15. The molecule has 0 amide bonds. The summed E-state index contributed by atoms with van der Waals surface area (Å²) in [5.41, 5.74) is 0.695. The summed E-state index contributed by atoms with van der Waals surface area (Å²) in [6.07, 6.45) is 1.32. The molecular formula is C21H22N2O5S. The zero-order chi connectivity index (χ0) is 21.1. The molecule has 3 rings (SSSR count). The van der Waals surface area contributed by atoms with Crippen LogP contribution >= 0.6 is 11.3 Å². The molecule has 0 bridgehead atoms. The summed E-state index contributed by atoms with van der Waals surface area (Å²) in [5, 5.41) is 0.304. The predicted molar refractivity (Wildman–Crippen MR) is 110 cm³/mol. The number of hydrogen-bond acceptors (Lipinski definition) is 7. The van der Waals surface area contributed by atoms with Gasteiger partial charge in [0.15, 0.2) is 6.04 Å². The Kier molecular flexibility index (Phi) is 6.12. The Labute approximate surface area is 171 Å². The van der Waals surface area contributed by atoms with Crippen LogP contribution in [0.4, 0.5) is 0 Å². The molecule has 0 saturated heterocycles. The SMILES string of the molecule is COC(=O)C(c1ccccc1)n1cnc2sc(C(=O)OCC(C)C)c(C)c2c1=O. The van der Waals surface area contributed by atoms with Gasteiger partial charge in [0.25, 0.3) is 5.56 Å². The molecule has 0 N–H and O–H groups in total. The molecule has 0 aliphatic carbocycles. The molecule has 1 atom stereocenters. The minimum atomic E-state index is -0.971. The molecule has 1 aromatic carbocycles. The fourth-order valence-corrected chi connectivity index (χ4v) is 4.01. The maximum atomic E-state index is 13.3. The molecule has 2 heterocycles. The second-order valence-corrected chi connectivity index (χ2v) is 8.02. The van der Waals surface area contributed by atoms with Crippen molar-refractivity contribution in [1.29, 1.82) is 0 Å². The number of methoxy groups -OCH3 is 1. The van der Waals surface area contributed by atoms with Gasteiger partial charge in [-0.15, -0.1) is 11.3 Å². The van der Waals surface area contributed by atoms with Crippen LogP contribution in [0, 0.1) is 12.8 Å². The van der Waals surface area contributed by atoms with Crippen molar-refractivity contribution in [3.63, 3.8) is 0 Å². The maximum Gasteiger partial charge on any atom is 0.348 e. The van der Waals surface area contributed by atoms with E-state index < -0.39 is 23.5 Å². The van der Waals surface area contributed by atoms with Gasteiger partial charge in [-0.3, -0.25) is 9.36 Å². The number of rotatable bonds is 6. The highest BCUT2D eigenvalue weighted by Crippen LogP contribution is 2.28. The molecule has 3 aromatic rings. The fraction of sp³-hybridized carbons (Fsp3) is 0.333. The highest BCUT2D eigenvalue weighted by Gasteiger charge is 2.27. The molecule has 8 heteroatoms. The van der Waals surface area contributed by atoms with Crippen molar-refractivity contribution < 1.29 is 19.1 Å². The van der Waals surface area contributed by atoms with Crippen LogP contribution in [0.1, 0.15) is 40.7 Å². The number of benzene rings is 1. The highest BCUT2D eigenvalue weighted by molar-refractivity contribution is 7.20. The maximum absolute atomic E-state index is 13.3. The van der Waals surface area contributed by atoms with E-state index >= 15 is 0 Å². The first-order chi connectivity index (χ1) is 13.8.